The number of nitrogens with one attached hydrogen (secondary N) is 2. The summed E-state index contributed by atoms with van der Waals surface area (Å²) in [6.07, 6.45) is 0. The first-order valence-electron chi connectivity index (χ1n) is 6.89. The summed E-state index contributed by atoms with van der Waals surface area (Å²) in [7, 11) is 0. The molecule has 0 aliphatic rings. The van der Waals surface area contributed by atoms with Crippen LogP contribution in [0, 0.1) is 11.7 Å². The number of benzene rings is 1. The van der Waals surface area contributed by atoms with Gasteiger partial charge in [0.05, 0.1) is 5.56 Å². The van der Waals surface area contributed by atoms with Crippen LogP contribution in [0.4, 0.5) is 4.39 Å². The van der Waals surface area contributed by atoms with E-state index in [4.69, 9.17) is 5.73 Å². The van der Waals surface area contributed by atoms with Crippen molar-refractivity contribution in [3.05, 3.63) is 35.6 Å². The van der Waals surface area contributed by atoms with Crippen LogP contribution < -0.4 is 16.4 Å². The van der Waals surface area contributed by atoms with Crippen LogP contribution in [0.15, 0.2) is 24.3 Å². The first-order valence-corrected chi connectivity index (χ1v) is 6.89. The average Bonchev–Trinajstić information content (AvgIpc) is 2.44. The molecule has 0 saturated carbocycles. The molecule has 1 aromatic carbocycles. The number of halogens is 1. The van der Waals surface area contributed by atoms with Gasteiger partial charge in [0.25, 0.3) is 5.91 Å². The summed E-state index contributed by atoms with van der Waals surface area (Å²) in [5.41, 5.74) is 4.93. The SMILES string of the molecule is CC(NC(=O)C(NC(=O)c1ccccc1F)C(C)C)C(N)=O. The number of hydrogen-bond donors (Lipinski definition) is 3. The minimum atomic E-state index is -0.908. The van der Waals surface area contributed by atoms with Gasteiger partial charge in [0, 0.05) is 0 Å². The molecule has 0 saturated heterocycles. The highest BCUT2D eigenvalue weighted by Crippen LogP contribution is 2.09. The lowest BCUT2D eigenvalue weighted by Crippen LogP contribution is -2.54. The molecular weight excluding hydrogens is 289 g/mol. The van der Waals surface area contributed by atoms with Gasteiger partial charge in [0.2, 0.25) is 11.8 Å². The van der Waals surface area contributed by atoms with E-state index in [0.29, 0.717) is 0 Å². The van der Waals surface area contributed by atoms with Crippen molar-refractivity contribution in [2.75, 3.05) is 0 Å². The van der Waals surface area contributed by atoms with Crippen molar-refractivity contribution >= 4 is 17.7 Å². The van der Waals surface area contributed by atoms with Crippen molar-refractivity contribution in [1.29, 1.82) is 0 Å². The molecule has 1 rings (SSSR count). The summed E-state index contributed by atoms with van der Waals surface area (Å²) < 4.78 is 13.6. The molecule has 4 N–H and O–H groups in total. The second-order valence-electron chi connectivity index (χ2n) is 5.31. The minimum Gasteiger partial charge on any atom is -0.368 e. The fraction of sp³-hybridized carbons (Fsp3) is 0.400. The standard InChI is InChI=1S/C15H20FN3O3/c1-8(2)12(15(22)18-9(3)13(17)20)19-14(21)10-6-4-5-7-11(10)16/h4-9,12H,1-3H3,(H2,17,20)(H,18,22)(H,19,21). The zero-order chi connectivity index (χ0) is 16.9. The molecule has 0 fully saturated rings. The number of carbonyl (C=O) groups excluding carboxylic acids is 3. The normalized spacial score (nSPS) is 13.3. The van der Waals surface area contributed by atoms with Gasteiger partial charge in [-0.2, -0.15) is 0 Å². The molecule has 7 heteroatoms. The van der Waals surface area contributed by atoms with Crippen LogP contribution in [0.2, 0.25) is 0 Å². The third-order valence-corrected chi connectivity index (χ3v) is 3.14. The highest BCUT2D eigenvalue weighted by molar-refractivity contribution is 5.98. The van der Waals surface area contributed by atoms with E-state index in [1.165, 1.54) is 25.1 Å². The number of nitrogens with two attached hydrogens (primary N) is 1. The van der Waals surface area contributed by atoms with Gasteiger partial charge in [-0.15, -0.1) is 0 Å². The van der Waals surface area contributed by atoms with E-state index in [-0.39, 0.29) is 11.5 Å². The molecule has 0 radical (unpaired) electrons. The molecule has 1 aromatic rings. The monoisotopic (exact) mass is 309 g/mol. The van der Waals surface area contributed by atoms with Crippen LogP contribution in [-0.4, -0.2) is 29.8 Å². The lowest BCUT2D eigenvalue weighted by Gasteiger charge is -2.23. The summed E-state index contributed by atoms with van der Waals surface area (Å²) in [5.74, 6) is -2.86. The van der Waals surface area contributed by atoms with E-state index in [2.05, 4.69) is 10.6 Å². The van der Waals surface area contributed by atoms with Crippen molar-refractivity contribution in [3.8, 4) is 0 Å². The molecular formula is C15H20FN3O3. The Kier molecular flexibility index (Phi) is 6.03. The third kappa shape index (κ3) is 4.54. The molecule has 0 spiro atoms. The van der Waals surface area contributed by atoms with Crippen molar-refractivity contribution in [2.24, 2.45) is 11.7 Å². The van der Waals surface area contributed by atoms with E-state index in [9.17, 15) is 18.8 Å². The van der Waals surface area contributed by atoms with E-state index in [1.54, 1.807) is 13.8 Å². The molecule has 2 atom stereocenters. The Morgan fingerprint density at radius 3 is 2.18 bits per heavy atom. The maximum Gasteiger partial charge on any atom is 0.254 e. The molecule has 0 aromatic heterocycles. The molecule has 22 heavy (non-hydrogen) atoms. The Morgan fingerprint density at radius 2 is 1.68 bits per heavy atom. The predicted octanol–water partition coefficient (Wildman–Crippen LogP) is 0.570. The average molecular weight is 309 g/mol. The lowest BCUT2D eigenvalue weighted by molar-refractivity contribution is -0.128. The fourth-order valence-electron chi connectivity index (χ4n) is 1.77. The summed E-state index contributed by atoms with van der Waals surface area (Å²) in [5, 5.41) is 4.88. The number of amides is 3. The van der Waals surface area contributed by atoms with Crippen LogP contribution in [0.1, 0.15) is 31.1 Å². The number of carbonyl (C=O) groups is 3. The maximum absolute atomic E-state index is 13.6. The van der Waals surface area contributed by atoms with E-state index >= 15 is 0 Å². The Balaban J connectivity index is 2.84. The molecule has 6 nitrogen and oxygen atoms in total. The van der Waals surface area contributed by atoms with Crippen LogP contribution in [-0.2, 0) is 9.59 Å². The lowest BCUT2D eigenvalue weighted by atomic mass is 10.0. The smallest absolute Gasteiger partial charge is 0.254 e. The van der Waals surface area contributed by atoms with Gasteiger partial charge < -0.3 is 16.4 Å². The molecule has 0 bridgehead atoms. The van der Waals surface area contributed by atoms with E-state index in [0.717, 1.165) is 6.07 Å². The molecule has 0 aliphatic carbocycles. The second-order valence-corrected chi connectivity index (χ2v) is 5.31. The van der Waals surface area contributed by atoms with Gasteiger partial charge in [0.1, 0.15) is 17.9 Å². The molecule has 3 amide bonds. The van der Waals surface area contributed by atoms with Crippen LogP contribution in [0.5, 0.6) is 0 Å². The fourth-order valence-corrected chi connectivity index (χ4v) is 1.77. The summed E-state index contributed by atoms with van der Waals surface area (Å²) in [6, 6.07) is 3.71. The largest absolute Gasteiger partial charge is 0.368 e. The van der Waals surface area contributed by atoms with Crippen molar-refractivity contribution in [3.63, 3.8) is 0 Å². The van der Waals surface area contributed by atoms with Crippen molar-refractivity contribution in [2.45, 2.75) is 32.9 Å². The van der Waals surface area contributed by atoms with Crippen LogP contribution >= 0.6 is 0 Å². The summed E-state index contributed by atoms with van der Waals surface area (Å²) in [6.45, 7) is 4.89. The number of rotatable bonds is 6. The van der Waals surface area contributed by atoms with Gasteiger partial charge in [-0.25, -0.2) is 4.39 Å². The molecule has 0 aliphatic heterocycles. The van der Waals surface area contributed by atoms with E-state index < -0.39 is 35.6 Å². The van der Waals surface area contributed by atoms with Gasteiger partial charge in [-0.05, 0) is 25.0 Å². The summed E-state index contributed by atoms with van der Waals surface area (Å²) >= 11 is 0. The van der Waals surface area contributed by atoms with Gasteiger partial charge in [-0.3, -0.25) is 14.4 Å². The van der Waals surface area contributed by atoms with Crippen LogP contribution in [0.3, 0.4) is 0 Å². The van der Waals surface area contributed by atoms with Crippen molar-refractivity contribution < 1.29 is 18.8 Å². The predicted molar refractivity (Wildman–Crippen MR) is 79.3 cm³/mol. The van der Waals surface area contributed by atoms with Crippen molar-refractivity contribution in [1.82, 2.24) is 10.6 Å². The Morgan fingerprint density at radius 1 is 1.09 bits per heavy atom. The Labute approximate surface area is 128 Å². The van der Waals surface area contributed by atoms with Gasteiger partial charge in [0.15, 0.2) is 0 Å². The third-order valence-electron chi connectivity index (χ3n) is 3.14. The van der Waals surface area contributed by atoms with Crippen LogP contribution in [0.25, 0.3) is 0 Å². The molecule has 120 valence electrons. The topological polar surface area (TPSA) is 101 Å². The molecule has 2 unspecified atom stereocenters. The Bertz CT molecular complexity index is 575. The highest BCUT2D eigenvalue weighted by Gasteiger charge is 2.27. The maximum atomic E-state index is 13.6. The zero-order valence-electron chi connectivity index (χ0n) is 12.7. The van der Waals surface area contributed by atoms with E-state index in [1.807, 2.05) is 0 Å². The van der Waals surface area contributed by atoms with Gasteiger partial charge in [-0.1, -0.05) is 26.0 Å². The quantitative estimate of drug-likeness (QED) is 0.716. The second kappa shape index (κ2) is 7.53. The Hall–Kier alpha value is -2.44. The van der Waals surface area contributed by atoms with Gasteiger partial charge >= 0.3 is 0 Å². The number of hydrogen-bond acceptors (Lipinski definition) is 3. The zero-order valence-corrected chi connectivity index (χ0v) is 12.7. The molecule has 0 heterocycles. The highest BCUT2D eigenvalue weighted by atomic mass is 19.1. The first kappa shape index (κ1) is 17.6. The summed E-state index contributed by atoms with van der Waals surface area (Å²) in [4.78, 5) is 35.2. The first-order chi connectivity index (χ1) is 10.2. The minimum absolute atomic E-state index is 0.149. The number of primary amides is 1.